The first kappa shape index (κ1) is 30.1. The van der Waals surface area contributed by atoms with Gasteiger partial charge in [-0.25, -0.2) is 0 Å². The Balaban J connectivity index is 2.96. The molecule has 0 aliphatic carbocycles. The minimum Gasteiger partial charge on any atom is -0.481 e. The highest BCUT2D eigenvalue weighted by Gasteiger charge is 2.27. The van der Waals surface area contributed by atoms with E-state index < -0.39 is 60.7 Å². The summed E-state index contributed by atoms with van der Waals surface area (Å²) in [6, 6.07) is -3.41. The van der Waals surface area contributed by atoms with Crippen molar-refractivity contribution in [3.05, 3.63) is 0 Å². The summed E-state index contributed by atoms with van der Waals surface area (Å²) in [6.07, 6.45) is 1.74. The van der Waals surface area contributed by atoms with Crippen molar-refractivity contribution in [2.24, 2.45) is 16.5 Å². The number of amides is 5. The monoisotopic (exact) mass is 512 g/mol. The van der Waals surface area contributed by atoms with Crippen LogP contribution in [0.4, 0.5) is 0 Å². The van der Waals surface area contributed by atoms with Gasteiger partial charge in [-0.15, -0.1) is 0 Å². The van der Waals surface area contributed by atoms with Gasteiger partial charge in [0.1, 0.15) is 18.1 Å². The van der Waals surface area contributed by atoms with Gasteiger partial charge in [0, 0.05) is 19.5 Å². The van der Waals surface area contributed by atoms with Crippen molar-refractivity contribution in [1.82, 2.24) is 26.6 Å². The first-order valence-electron chi connectivity index (χ1n) is 11.7. The van der Waals surface area contributed by atoms with Gasteiger partial charge in [-0.3, -0.25) is 33.8 Å². The molecule has 0 unspecified atom stereocenters. The molecule has 15 nitrogen and oxygen atoms in total. The van der Waals surface area contributed by atoms with E-state index in [1.54, 1.807) is 0 Å². The number of hydrogen-bond donors (Lipinski definition) is 8. The molecule has 0 radical (unpaired) electrons. The molecular formula is C21H36N8O7. The molecule has 1 aliphatic heterocycles. The topological polar surface area (TPSA) is 247 Å². The van der Waals surface area contributed by atoms with Crippen LogP contribution in [0, 0.1) is 0 Å². The first-order valence-corrected chi connectivity index (χ1v) is 11.7. The van der Waals surface area contributed by atoms with Crippen LogP contribution in [-0.2, 0) is 28.8 Å². The van der Waals surface area contributed by atoms with Gasteiger partial charge in [-0.1, -0.05) is 6.42 Å². The van der Waals surface area contributed by atoms with Gasteiger partial charge in [0.25, 0.3) is 0 Å². The summed E-state index contributed by atoms with van der Waals surface area (Å²) >= 11 is 0. The number of carbonyl (C=O) groups is 6. The highest BCUT2D eigenvalue weighted by Crippen LogP contribution is 2.04. The molecule has 0 aromatic heterocycles. The van der Waals surface area contributed by atoms with Gasteiger partial charge < -0.3 is 43.2 Å². The number of aliphatic carboxylic acids is 1. The summed E-state index contributed by atoms with van der Waals surface area (Å²) in [6.45, 7) is 1.40. The van der Waals surface area contributed by atoms with Crippen molar-refractivity contribution in [2.75, 3.05) is 19.6 Å². The zero-order chi connectivity index (χ0) is 27.1. The molecule has 0 spiro atoms. The number of guanidine groups is 1. The van der Waals surface area contributed by atoms with Crippen molar-refractivity contribution in [1.29, 1.82) is 0 Å². The second kappa shape index (κ2) is 15.9. The quantitative estimate of drug-likeness (QED) is 0.101. The van der Waals surface area contributed by atoms with E-state index in [0.717, 1.165) is 0 Å². The van der Waals surface area contributed by atoms with Gasteiger partial charge in [0.15, 0.2) is 5.96 Å². The molecule has 1 aliphatic rings. The van der Waals surface area contributed by atoms with Gasteiger partial charge in [-0.05, 0) is 32.6 Å². The number of nitrogens with zero attached hydrogens (tertiary/aromatic N) is 1. The Morgan fingerprint density at radius 3 is 2.28 bits per heavy atom. The molecule has 1 saturated heterocycles. The molecule has 0 bridgehead atoms. The van der Waals surface area contributed by atoms with Gasteiger partial charge in [0.05, 0.1) is 13.0 Å². The molecule has 1 heterocycles. The molecule has 15 heteroatoms. The minimum absolute atomic E-state index is 0.105. The molecular weight excluding hydrogens is 476 g/mol. The number of nitrogens with two attached hydrogens (primary N) is 2. The standard InChI is InChI=1S/C21H36N8O7/c1-12-18(34)24-8-4-2-3-7-15(30)28-13(6-5-9-25-21(22)23)19(35)26-11-16(31)29-14(10-17(32)33)20(36)27-12/h12-14H,2-11H2,1H3,(H,24,34)(H,26,35)(H,27,36)(H,28,30)(H,29,31)(H,32,33)(H4,22,23,25)/t12-,13-,14-/m0/s1. The Morgan fingerprint density at radius 2 is 1.61 bits per heavy atom. The van der Waals surface area contributed by atoms with Gasteiger partial charge in [-0.2, -0.15) is 0 Å². The Hall–Kier alpha value is -3.91. The Kier molecular flexibility index (Phi) is 13.3. The lowest BCUT2D eigenvalue weighted by Crippen LogP contribution is -2.55. The molecule has 202 valence electrons. The van der Waals surface area contributed by atoms with Gasteiger partial charge in [0.2, 0.25) is 29.5 Å². The fraction of sp³-hybridized carbons (Fsp3) is 0.667. The number of carboxylic acids is 1. The third-order valence-corrected chi connectivity index (χ3v) is 5.18. The highest BCUT2D eigenvalue weighted by atomic mass is 16.4. The number of carbonyl (C=O) groups excluding carboxylic acids is 5. The Morgan fingerprint density at radius 1 is 0.917 bits per heavy atom. The Labute approximate surface area is 208 Å². The molecule has 1 fully saturated rings. The van der Waals surface area contributed by atoms with Crippen molar-refractivity contribution in [3.8, 4) is 0 Å². The van der Waals surface area contributed by atoms with Crippen molar-refractivity contribution < 1.29 is 33.9 Å². The van der Waals surface area contributed by atoms with E-state index in [9.17, 15) is 28.8 Å². The summed E-state index contributed by atoms with van der Waals surface area (Å²) in [5.74, 6) is -4.61. The Bertz CT molecular complexity index is 844. The van der Waals surface area contributed by atoms with E-state index in [2.05, 4.69) is 31.6 Å². The molecule has 3 atom stereocenters. The van der Waals surface area contributed by atoms with Crippen LogP contribution in [0.15, 0.2) is 4.99 Å². The number of carboxylic acid groups (broad SMARTS) is 1. The predicted molar refractivity (Wildman–Crippen MR) is 128 cm³/mol. The summed E-state index contributed by atoms with van der Waals surface area (Å²) < 4.78 is 0. The van der Waals surface area contributed by atoms with E-state index in [4.69, 9.17) is 16.6 Å². The summed E-state index contributed by atoms with van der Waals surface area (Å²) in [4.78, 5) is 77.1. The largest absolute Gasteiger partial charge is 0.481 e. The molecule has 1 rings (SSSR count). The normalized spacial score (nSPS) is 23.4. The third kappa shape index (κ3) is 12.5. The number of rotatable bonds is 6. The van der Waals surface area contributed by atoms with Crippen molar-refractivity contribution in [3.63, 3.8) is 0 Å². The van der Waals surface area contributed by atoms with Crippen LogP contribution in [-0.4, -0.2) is 84.3 Å². The fourth-order valence-corrected chi connectivity index (χ4v) is 3.29. The van der Waals surface area contributed by atoms with E-state index in [-0.39, 0.29) is 31.3 Å². The van der Waals surface area contributed by atoms with E-state index in [1.165, 1.54) is 6.92 Å². The highest BCUT2D eigenvalue weighted by molar-refractivity contribution is 5.95. The molecule has 5 amide bonds. The lowest BCUT2D eigenvalue weighted by Gasteiger charge is -2.21. The van der Waals surface area contributed by atoms with Crippen LogP contribution in [0.3, 0.4) is 0 Å². The van der Waals surface area contributed by atoms with Crippen molar-refractivity contribution in [2.45, 2.75) is 70.0 Å². The molecule has 0 saturated carbocycles. The molecule has 0 aromatic rings. The zero-order valence-electron chi connectivity index (χ0n) is 20.3. The fourth-order valence-electron chi connectivity index (χ4n) is 3.29. The number of hydrogen-bond acceptors (Lipinski definition) is 7. The third-order valence-electron chi connectivity index (χ3n) is 5.18. The molecule has 36 heavy (non-hydrogen) atoms. The molecule has 10 N–H and O–H groups in total. The zero-order valence-corrected chi connectivity index (χ0v) is 20.3. The maximum Gasteiger partial charge on any atom is 0.305 e. The predicted octanol–water partition coefficient (Wildman–Crippen LogP) is -3.20. The maximum absolute atomic E-state index is 12.7. The molecule has 0 aromatic carbocycles. The minimum atomic E-state index is -1.47. The average Bonchev–Trinajstić information content (AvgIpc) is 2.79. The van der Waals surface area contributed by atoms with Crippen LogP contribution < -0.4 is 38.1 Å². The van der Waals surface area contributed by atoms with E-state index >= 15 is 0 Å². The van der Waals surface area contributed by atoms with Crippen LogP contribution in [0.5, 0.6) is 0 Å². The van der Waals surface area contributed by atoms with Crippen LogP contribution in [0.25, 0.3) is 0 Å². The summed E-state index contributed by atoms with van der Waals surface area (Å²) in [5.41, 5.74) is 10.6. The average molecular weight is 513 g/mol. The summed E-state index contributed by atoms with van der Waals surface area (Å²) in [7, 11) is 0. The smallest absolute Gasteiger partial charge is 0.305 e. The van der Waals surface area contributed by atoms with Gasteiger partial charge >= 0.3 is 5.97 Å². The van der Waals surface area contributed by atoms with Crippen LogP contribution >= 0.6 is 0 Å². The van der Waals surface area contributed by atoms with E-state index in [1.807, 2.05) is 0 Å². The second-order valence-corrected chi connectivity index (χ2v) is 8.34. The van der Waals surface area contributed by atoms with Crippen LogP contribution in [0.2, 0.25) is 0 Å². The van der Waals surface area contributed by atoms with Crippen LogP contribution in [0.1, 0.15) is 51.9 Å². The van der Waals surface area contributed by atoms with Crippen molar-refractivity contribution >= 4 is 41.5 Å². The maximum atomic E-state index is 12.7. The number of nitrogens with one attached hydrogen (secondary N) is 5. The first-order chi connectivity index (χ1) is 17.0. The van der Waals surface area contributed by atoms with E-state index in [0.29, 0.717) is 32.2 Å². The second-order valence-electron chi connectivity index (χ2n) is 8.34. The number of aliphatic imine (C=N–C) groups is 1. The summed E-state index contributed by atoms with van der Waals surface area (Å²) in [5, 5.41) is 21.4. The lowest BCUT2D eigenvalue weighted by molar-refractivity contribution is -0.141. The SMILES string of the molecule is C[C@@H]1NC(=O)[C@H](CC(=O)O)NC(=O)CNC(=O)[C@H](CCCN=C(N)N)NC(=O)CCCCCNC1=O. The lowest BCUT2D eigenvalue weighted by atomic mass is 10.1.